The standard InChI is InChI=1S/C25H20Cl2FN3O2S/c26-17-12-18(27)14-21(13-17)30-25-31(11-10-16-4-2-1-3-5-16)23(32)15-22(34-25)24(33)29-20-8-6-19(28)7-9-20/h1-9,12-14,22H,10-11,15H2,(H,29,33). The summed E-state index contributed by atoms with van der Waals surface area (Å²) in [7, 11) is 0. The molecule has 34 heavy (non-hydrogen) atoms. The van der Waals surface area contributed by atoms with Gasteiger partial charge in [0.1, 0.15) is 11.1 Å². The molecule has 4 rings (SSSR count). The second kappa shape index (κ2) is 11.0. The van der Waals surface area contributed by atoms with E-state index in [1.54, 1.807) is 23.1 Å². The molecule has 0 aromatic heterocycles. The van der Waals surface area contributed by atoms with Crippen molar-refractivity contribution in [3.63, 3.8) is 0 Å². The van der Waals surface area contributed by atoms with E-state index in [4.69, 9.17) is 23.2 Å². The zero-order valence-electron chi connectivity index (χ0n) is 17.9. The molecule has 1 saturated heterocycles. The molecule has 1 unspecified atom stereocenters. The monoisotopic (exact) mass is 515 g/mol. The molecule has 0 aliphatic carbocycles. The lowest BCUT2D eigenvalue weighted by atomic mass is 10.1. The van der Waals surface area contributed by atoms with Gasteiger partial charge in [0.2, 0.25) is 11.8 Å². The summed E-state index contributed by atoms with van der Waals surface area (Å²) >= 11 is 13.4. The van der Waals surface area contributed by atoms with Crippen molar-refractivity contribution in [2.75, 3.05) is 11.9 Å². The maximum atomic E-state index is 13.2. The molecule has 2 amide bonds. The van der Waals surface area contributed by atoms with Crippen LogP contribution < -0.4 is 5.32 Å². The number of carbonyl (C=O) groups excluding carboxylic acids is 2. The highest BCUT2D eigenvalue weighted by atomic mass is 35.5. The van der Waals surface area contributed by atoms with Crippen LogP contribution in [-0.2, 0) is 16.0 Å². The van der Waals surface area contributed by atoms with Crippen molar-refractivity contribution < 1.29 is 14.0 Å². The third-order valence-electron chi connectivity index (χ3n) is 5.08. The molecule has 1 aliphatic rings. The molecule has 1 aliphatic heterocycles. The van der Waals surface area contributed by atoms with E-state index in [-0.39, 0.29) is 18.2 Å². The smallest absolute Gasteiger partial charge is 0.238 e. The fourth-order valence-corrected chi connectivity index (χ4v) is 5.06. The third kappa shape index (κ3) is 6.38. The van der Waals surface area contributed by atoms with Gasteiger partial charge in [-0.2, -0.15) is 0 Å². The lowest BCUT2D eigenvalue weighted by Gasteiger charge is -2.32. The highest BCUT2D eigenvalue weighted by Crippen LogP contribution is 2.32. The largest absolute Gasteiger partial charge is 0.325 e. The molecule has 1 atom stereocenters. The van der Waals surface area contributed by atoms with Gasteiger partial charge in [-0.25, -0.2) is 9.38 Å². The van der Waals surface area contributed by atoms with Crippen LogP contribution in [0.15, 0.2) is 77.8 Å². The van der Waals surface area contributed by atoms with Crippen LogP contribution in [0.5, 0.6) is 0 Å². The van der Waals surface area contributed by atoms with Crippen molar-refractivity contribution >= 4 is 63.3 Å². The summed E-state index contributed by atoms with van der Waals surface area (Å²) in [6.45, 7) is 0.412. The molecule has 9 heteroatoms. The van der Waals surface area contributed by atoms with Gasteiger partial charge in [-0.05, 0) is 54.4 Å². The van der Waals surface area contributed by atoms with Crippen LogP contribution >= 0.6 is 35.0 Å². The maximum absolute atomic E-state index is 13.2. The van der Waals surface area contributed by atoms with E-state index in [1.165, 1.54) is 36.0 Å². The van der Waals surface area contributed by atoms with Crippen molar-refractivity contribution in [1.82, 2.24) is 4.90 Å². The molecule has 5 nitrogen and oxygen atoms in total. The third-order valence-corrected chi connectivity index (χ3v) is 6.71. The molecule has 1 heterocycles. The number of benzene rings is 3. The average molecular weight is 516 g/mol. The topological polar surface area (TPSA) is 61.8 Å². The second-order valence-corrected chi connectivity index (χ2v) is 9.65. The van der Waals surface area contributed by atoms with Crippen LogP contribution in [0.3, 0.4) is 0 Å². The number of hydrogen-bond acceptors (Lipinski definition) is 4. The van der Waals surface area contributed by atoms with Crippen LogP contribution in [0.1, 0.15) is 12.0 Å². The molecule has 0 spiro atoms. The molecule has 0 bridgehead atoms. The minimum atomic E-state index is -0.695. The van der Waals surface area contributed by atoms with Gasteiger partial charge in [0.15, 0.2) is 5.17 Å². The molecule has 1 fully saturated rings. The van der Waals surface area contributed by atoms with Gasteiger partial charge in [0.05, 0.1) is 5.69 Å². The van der Waals surface area contributed by atoms with Crippen LogP contribution in [0.4, 0.5) is 15.8 Å². The highest BCUT2D eigenvalue weighted by molar-refractivity contribution is 8.15. The van der Waals surface area contributed by atoms with Crippen LogP contribution in [0, 0.1) is 5.82 Å². The minimum absolute atomic E-state index is 0.0157. The number of rotatable bonds is 6. The van der Waals surface area contributed by atoms with E-state index in [0.717, 1.165) is 5.56 Å². The Labute approximate surface area is 211 Å². The van der Waals surface area contributed by atoms with E-state index >= 15 is 0 Å². The van der Waals surface area contributed by atoms with Crippen molar-refractivity contribution in [3.8, 4) is 0 Å². The highest BCUT2D eigenvalue weighted by Gasteiger charge is 2.35. The maximum Gasteiger partial charge on any atom is 0.238 e. The Morgan fingerprint density at radius 3 is 2.41 bits per heavy atom. The zero-order valence-corrected chi connectivity index (χ0v) is 20.2. The van der Waals surface area contributed by atoms with E-state index in [1.807, 2.05) is 30.3 Å². The second-order valence-electron chi connectivity index (χ2n) is 7.61. The van der Waals surface area contributed by atoms with E-state index in [9.17, 15) is 14.0 Å². The molecule has 3 aromatic carbocycles. The molecule has 174 valence electrons. The Morgan fingerprint density at radius 1 is 1.06 bits per heavy atom. The van der Waals surface area contributed by atoms with Gasteiger partial charge in [-0.3, -0.25) is 14.5 Å². The Bertz CT molecular complexity index is 1200. The first-order valence-electron chi connectivity index (χ1n) is 10.5. The lowest BCUT2D eigenvalue weighted by molar-refractivity contribution is -0.129. The Kier molecular flexibility index (Phi) is 7.88. The lowest BCUT2D eigenvalue weighted by Crippen LogP contribution is -2.46. The van der Waals surface area contributed by atoms with Crippen molar-refractivity contribution in [3.05, 3.63) is 94.2 Å². The van der Waals surface area contributed by atoms with Gasteiger partial charge >= 0.3 is 0 Å². The van der Waals surface area contributed by atoms with Crippen LogP contribution in [0.2, 0.25) is 10.0 Å². The van der Waals surface area contributed by atoms with Crippen LogP contribution in [0.25, 0.3) is 0 Å². The van der Waals surface area contributed by atoms with Gasteiger partial charge < -0.3 is 5.32 Å². The van der Waals surface area contributed by atoms with Crippen molar-refractivity contribution in [2.24, 2.45) is 4.99 Å². The summed E-state index contributed by atoms with van der Waals surface area (Å²) in [5.74, 6) is -0.964. The number of hydrogen-bond donors (Lipinski definition) is 1. The van der Waals surface area contributed by atoms with E-state index in [0.29, 0.717) is 39.6 Å². The fourth-order valence-electron chi connectivity index (χ4n) is 3.42. The minimum Gasteiger partial charge on any atom is -0.325 e. The number of thioether (sulfide) groups is 1. The number of amidine groups is 1. The Balaban J connectivity index is 1.58. The van der Waals surface area contributed by atoms with E-state index < -0.39 is 11.1 Å². The summed E-state index contributed by atoms with van der Waals surface area (Å²) in [5.41, 5.74) is 2.02. The first-order chi connectivity index (χ1) is 16.4. The number of halogens is 3. The number of nitrogens with one attached hydrogen (secondary N) is 1. The normalized spacial score (nSPS) is 17.1. The summed E-state index contributed by atoms with van der Waals surface area (Å²) in [5, 5.41) is 3.27. The molecule has 0 saturated carbocycles. The zero-order chi connectivity index (χ0) is 24.1. The molecule has 0 radical (unpaired) electrons. The molecular weight excluding hydrogens is 496 g/mol. The van der Waals surface area contributed by atoms with Crippen molar-refractivity contribution in [2.45, 2.75) is 18.1 Å². The van der Waals surface area contributed by atoms with Crippen molar-refractivity contribution in [1.29, 1.82) is 0 Å². The molecular formula is C25H20Cl2FN3O2S. The first-order valence-corrected chi connectivity index (χ1v) is 12.1. The fraction of sp³-hybridized carbons (Fsp3) is 0.160. The Hall–Kier alpha value is -2.87. The van der Waals surface area contributed by atoms with Gasteiger partial charge in [0, 0.05) is 28.7 Å². The Morgan fingerprint density at radius 2 is 1.74 bits per heavy atom. The average Bonchev–Trinajstić information content (AvgIpc) is 2.80. The SMILES string of the molecule is O=C(Nc1ccc(F)cc1)C1CC(=O)N(CCc2ccccc2)C(=Nc2cc(Cl)cc(Cl)c2)S1. The number of nitrogens with zero attached hydrogens (tertiary/aromatic N) is 2. The molecule has 1 N–H and O–H groups in total. The summed E-state index contributed by atoms with van der Waals surface area (Å²) in [4.78, 5) is 32.2. The van der Waals surface area contributed by atoms with E-state index in [2.05, 4.69) is 10.3 Å². The summed E-state index contributed by atoms with van der Waals surface area (Å²) in [6, 6.07) is 20.2. The quantitative estimate of drug-likeness (QED) is 0.416. The predicted molar refractivity (Wildman–Crippen MR) is 136 cm³/mol. The van der Waals surface area contributed by atoms with Gasteiger partial charge in [-0.15, -0.1) is 0 Å². The summed E-state index contributed by atoms with van der Waals surface area (Å²) in [6.07, 6.45) is 0.650. The van der Waals surface area contributed by atoms with Crippen LogP contribution in [-0.4, -0.2) is 33.7 Å². The predicted octanol–water partition coefficient (Wildman–Crippen LogP) is 6.34. The number of anilines is 1. The number of carbonyl (C=O) groups is 2. The summed E-state index contributed by atoms with van der Waals surface area (Å²) < 4.78 is 13.2. The number of aliphatic imine (C=N–C) groups is 1. The molecule has 3 aromatic rings. The number of amides is 2. The van der Waals surface area contributed by atoms with Gasteiger partial charge in [-0.1, -0.05) is 65.3 Å². The van der Waals surface area contributed by atoms with Gasteiger partial charge in [0.25, 0.3) is 0 Å². The first kappa shape index (κ1) is 24.3.